The van der Waals surface area contributed by atoms with E-state index in [-0.39, 0.29) is 16.2 Å². The molecule has 2 nitrogen and oxygen atoms in total. The third kappa shape index (κ3) is 3.15. The van der Waals surface area contributed by atoms with Gasteiger partial charge in [0.2, 0.25) is 0 Å². The molecule has 1 unspecified atom stereocenters. The molecule has 2 heterocycles. The number of ether oxygens (including phenoxy) is 1. The Morgan fingerprint density at radius 2 is 2.00 bits per heavy atom. The molecule has 3 rings (SSSR count). The van der Waals surface area contributed by atoms with E-state index in [1.165, 1.54) is 10.9 Å². The van der Waals surface area contributed by atoms with E-state index in [4.69, 9.17) is 4.74 Å². The predicted molar refractivity (Wildman–Crippen MR) is 83.4 cm³/mol. The van der Waals surface area contributed by atoms with Gasteiger partial charge in [-0.25, -0.2) is 0 Å². The van der Waals surface area contributed by atoms with Crippen molar-refractivity contribution in [3.63, 3.8) is 0 Å². The molecule has 5 heteroatoms. The molecule has 2 fully saturated rings. The fraction of sp³-hybridized carbons (Fsp3) is 0.500. The fourth-order valence-electron chi connectivity index (χ4n) is 2.28. The van der Waals surface area contributed by atoms with Crippen LogP contribution in [0.3, 0.4) is 0 Å². The number of carbonyl (C=O) groups excluding carboxylic acids is 1. The first-order valence-electron chi connectivity index (χ1n) is 6.45. The van der Waals surface area contributed by atoms with Crippen molar-refractivity contribution in [2.24, 2.45) is 0 Å². The Balaban J connectivity index is 1.58. The van der Waals surface area contributed by atoms with E-state index in [0.29, 0.717) is 15.0 Å². The predicted octanol–water partition coefficient (Wildman–Crippen LogP) is 2.32. The number of benzene rings is 1. The van der Waals surface area contributed by atoms with Crippen molar-refractivity contribution in [1.82, 2.24) is 0 Å². The van der Waals surface area contributed by atoms with E-state index < -0.39 is 0 Å². The summed E-state index contributed by atoms with van der Waals surface area (Å²) < 4.78 is 6.73. The molecule has 1 atom stereocenters. The summed E-state index contributed by atoms with van der Waals surface area (Å²) in [4.78, 5) is 12.1. The second-order valence-electron chi connectivity index (χ2n) is 4.66. The second-order valence-corrected chi connectivity index (χ2v) is 10.00. The molecule has 1 spiro atoms. The Morgan fingerprint density at radius 3 is 2.74 bits per heavy atom. The summed E-state index contributed by atoms with van der Waals surface area (Å²) in [7, 11) is 0. The van der Waals surface area contributed by atoms with Gasteiger partial charge in [0.05, 0.1) is 0 Å². The van der Waals surface area contributed by atoms with E-state index in [2.05, 4.69) is 24.3 Å². The van der Waals surface area contributed by atoms with E-state index in [1.54, 1.807) is 23.5 Å². The summed E-state index contributed by atoms with van der Waals surface area (Å²) in [6.07, 6.45) is 2.24. The average molecular weight is 359 g/mol. The molecule has 0 aromatic heterocycles. The maximum absolute atomic E-state index is 12.1. The van der Waals surface area contributed by atoms with Crippen LogP contribution in [0.1, 0.15) is 12.8 Å². The van der Waals surface area contributed by atoms with E-state index in [1.807, 2.05) is 6.07 Å². The normalized spacial score (nSPS) is 25.5. The zero-order chi connectivity index (χ0) is 13.1. The molecule has 2 aliphatic rings. The Hall–Kier alpha value is -0.0905. The van der Waals surface area contributed by atoms with Gasteiger partial charge < -0.3 is 0 Å². The van der Waals surface area contributed by atoms with Crippen molar-refractivity contribution in [1.29, 1.82) is 0 Å². The van der Waals surface area contributed by atoms with Crippen molar-refractivity contribution >= 4 is 48.9 Å². The van der Waals surface area contributed by atoms with Gasteiger partial charge in [0, 0.05) is 0 Å². The van der Waals surface area contributed by atoms with Gasteiger partial charge in [0.25, 0.3) is 0 Å². The SMILES string of the molecule is O=C1OC(C[Se]c2ccccc2)CC12SCCCS2. The van der Waals surface area contributed by atoms with Crippen molar-refractivity contribution in [3.8, 4) is 0 Å². The molecule has 0 aliphatic carbocycles. The zero-order valence-electron chi connectivity index (χ0n) is 10.5. The minimum atomic E-state index is -0.268. The zero-order valence-corrected chi connectivity index (χ0v) is 13.9. The third-order valence-electron chi connectivity index (χ3n) is 3.22. The van der Waals surface area contributed by atoms with Gasteiger partial charge >= 0.3 is 129 Å². The van der Waals surface area contributed by atoms with Gasteiger partial charge in [-0.15, -0.1) is 0 Å². The number of rotatable bonds is 3. The van der Waals surface area contributed by atoms with Crippen LogP contribution < -0.4 is 4.46 Å². The van der Waals surface area contributed by atoms with Crippen LogP contribution in [-0.2, 0) is 9.53 Å². The van der Waals surface area contributed by atoms with Crippen LogP contribution in [0, 0.1) is 0 Å². The average Bonchev–Trinajstić information content (AvgIpc) is 2.75. The number of esters is 1. The monoisotopic (exact) mass is 360 g/mol. The number of hydrogen-bond acceptors (Lipinski definition) is 4. The van der Waals surface area contributed by atoms with Gasteiger partial charge in [0.1, 0.15) is 0 Å². The van der Waals surface area contributed by atoms with Crippen LogP contribution in [0.25, 0.3) is 0 Å². The van der Waals surface area contributed by atoms with Gasteiger partial charge in [-0.05, 0) is 0 Å². The van der Waals surface area contributed by atoms with Crippen molar-refractivity contribution in [2.75, 3.05) is 11.5 Å². The second kappa shape index (κ2) is 6.13. The van der Waals surface area contributed by atoms with E-state index >= 15 is 0 Å². The van der Waals surface area contributed by atoms with Crippen LogP contribution >= 0.6 is 23.5 Å². The summed E-state index contributed by atoms with van der Waals surface area (Å²) in [5.74, 6) is 2.22. The summed E-state index contributed by atoms with van der Waals surface area (Å²) in [5.41, 5.74) is 0. The number of thioether (sulfide) groups is 2. The molecule has 1 aromatic carbocycles. The van der Waals surface area contributed by atoms with Crippen LogP contribution in [0.15, 0.2) is 30.3 Å². The Kier molecular flexibility index (Phi) is 4.47. The molecule has 2 saturated heterocycles. The molecule has 0 saturated carbocycles. The number of cyclic esters (lactones) is 1. The Bertz CT molecular complexity index is 446. The first-order chi connectivity index (χ1) is 9.28. The van der Waals surface area contributed by atoms with Crippen LogP contribution in [-0.4, -0.2) is 42.6 Å². The van der Waals surface area contributed by atoms with Crippen LogP contribution in [0.4, 0.5) is 0 Å². The number of hydrogen-bond donors (Lipinski definition) is 0. The first kappa shape index (κ1) is 13.9. The molecule has 0 bridgehead atoms. The van der Waals surface area contributed by atoms with Crippen molar-refractivity contribution < 1.29 is 9.53 Å². The van der Waals surface area contributed by atoms with Crippen LogP contribution in [0.2, 0.25) is 5.32 Å². The van der Waals surface area contributed by atoms with Gasteiger partial charge in [0.15, 0.2) is 0 Å². The van der Waals surface area contributed by atoms with Crippen molar-refractivity contribution in [2.45, 2.75) is 28.3 Å². The topological polar surface area (TPSA) is 26.3 Å². The molecule has 1 aromatic rings. The molecule has 0 radical (unpaired) electrons. The fourth-order valence-corrected chi connectivity index (χ4v) is 7.38. The number of carbonyl (C=O) groups is 1. The minimum absolute atomic E-state index is 0.0241. The van der Waals surface area contributed by atoms with Gasteiger partial charge in [-0.1, -0.05) is 0 Å². The van der Waals surface area contributed by atoms with E-state index in [0.717, 1.165) is 23.2 Å². The molecule has 2 aliphatic heterocycles. The molecular weight excluding hydrogens is 343 g/mol. The molecule has 0 N–H and O–H groups in total. The molecule has 0 amide bonds. The summed E-state index contributed by atoms with van der Waals surface area (Å²) in [5, 5.41) is 1.01. The summed E-state index contributed by atoms with van der Waals surface area (Å²) in [6.45, 7) is 0. The van der Waals surface area contributed by atoms with E-state index in [9.17, 15) is 4.79 Å². The van der Waals surface area contributed by atoms with Crippen LogP contribution in [0.5, 0.6) is 0 Å². The summed E-state index contributed by atoms with van der Waals surface area (Å²) >= 11 is 4.01. The standard InChI is InChI=1S/C14H16O2S2Se/c15-13-14(17-7-4-8-18-14)9-11(16-13)10-19-12-5-2-1-3-6-12/h1-3,5-6,11H,4,7-10H2. The molecule has 19 heavy (non-hydrogen) atoms. The maximum atomic E-state index is 12.1. The van der Waals surface area contributed by atoms with Crippen molar-refractivity contribution in [3.05, 3.63) is 30.3 Å². The Morgan fingerprint density at radius 1 is 1.26 bits per heavy atom. The summed E-state index contributed by atoms with van der Waals surface area (Å²) in [6, 6.07) is 10.5. The van der Waals surface area contributed by atoms with Gasteiger partial charge in [-0.2, -0.15) is 0 Å². The quantitative estimate of drug-likeness (QED) is 0.611. The van der Waals surface area contributed by atoms with Gasteiger partial charge in [-0.3, -0.25) is 0 Å². The molecule has 102 valence electrons. The third-order valence-corrected chi connectivity index (χ3v) is 8.91. The first-order valence-corrected chi connectivity index (χ1v) is 10.5. The Labute approximate surface area is 128 Å². The molecular formula is C14H16O2S2Se.